The van der Waals surface area contributed by atoms with E-state index < -0.39 is 10.0 Å². The number of halogens is 1. The first-order valence-corrected chi connectivity index (χ1v) is 14.5. The molecule has 1 heterocycles. The quantitative estimate of drug-likeness (QED) is 0.286. The number of ether oxygens (including phenoxy) is 2. The van der Waals surface area contributed by atoms with E-state index in [9.17, 15) is 13.2 Å². The number of unbranched alkanes of at least 4 members (excludes halogenated alkanes) is 1. The molecule has 1 aromatic heterocycles. The number of sulfonamides is 1. The highest BCUT2D eigenvalue weighted by atomic mass is 35.5. The topological polar surface area (TPSA) is 92.3 Å². The van der Waals surface area contributed by atoms with Crippen LogP contribution >= 0.6 is 23.7 Å². The summed E-state index contributed by atoms with van der Waals surface area (Å²) in [7, 11) is 3.40. The number of methoxy groups -OCH3 is 2. The van der Waals surface area contributed by atoms with Crippen molar-refractivity contribution in [3.63, 3.8) is 0 Å². The highest BCUT2D eigenvalue weighted by Crippen LogP contribution is 2.37. The molecule has 0 unspecified atom stereocenters. The van der Waals surface area contributed by atoms with Crippen LogP contribution in [0.25, 0.3) is 10.2 Å². The smallest absolute Gasteiger partial charge is 0.260 e. The molecular formula is C26H37ClN4O5S2. The third-order valence-electron chi connectivity index (χ3n) is 5.98. The maximum absolute atomic E-state index is 13.6. The Morgan fingerprint density at radius 3 is 2.16 bits per heavy atom. The zero-order valence-electron chi connectivity index (χ0n) is 22.8. The van der Waals surface area contributed by atoms with Gasteiger partial charge in [-0.05, 0) is 44.8 Å². The Labute approximate surface area is 235 Å². The van der Waals surface area contributed by atoms with E-state index in [1.165, 1.54) is 27.8 Å². The van der Waals surface area contributed by atoms with Gasteiger partial charge in [0.05, 0.1) is 29.3 Å². The SMILES string of the molecule is CCCCN(CC)S(=O)(=O)c1ccc(C(=O)N(CCN(C)C)c2nc3cc(OC)c(OC)cc3s2)cc1.Cl. The van der Waals surface area contributed by atoms with Crippen LogP contribution in [0.3, 0.4) is 0 Å². The summed E-state index contributed by atoms with van der Waals surface area (Å²) in [4.78, 5) is 22.2. The first-order valence-electron chi connectivity index (χ1n) is 12.3. The summed E-state index contributed by atoms with van der Waals surface area (Å²) in [5.41, 5.74) is 1.09. The van der Waals surface area contributed by atoms with Gasteiger partial charge in [-0.3, -0.25) is 9.69 Å². The predicted octanol–water partition coefficient (Wildman–Crippen LogP) is 4.75. The number of benzene rings is 2. The van der Waals surface area contributed by atoms with Gasteiger partial charge in [0.25, 0.3) is 5.91 Å². The Kier molecular flexibility index (Phi) is 11.8. The van der Waals surface area contributed by atoms with E-state index in [1.807, 2.05) is 38.9 Å². The number of rotatable bonds is 13. The van der Waals surface area contributed by atoms with E-state index in [4.69, 9.17) is 14.5 Å². The third kappa shape index (κ3) is 7.15. The monoisotopic (exact) mass is 584 g/mol. The van der Waals surface area contributed by atoms with Crippen LogP contribution < -0.4 is 14.4 Å². The molecule has 0 saturated carbocycles. The number of likely N-dealkylation sites (N-methyl/N-ethyl adjacent to an activating group) is 1. The molecule has 9 nitrogen and oxygen atoms in total. The molecule has 0 bridgehead atoms. The lowest BCUT2D eigenvalue weighted by atomic mass is 10.2. The Balaban J connectivity index is 0.00000507. The van der Waals surface area contributed by atoms with Crippen molar-refractivity contribution in [3.05, 3.63) is 42.0 Å². The van der Waals surface area contributed by atoms with E-state index in [1.54, 1.807) is 37.3 Å². The molecule has 0 saturated heterocycles. The Morgan fingerprint density at radius 2 is 1.61 bits per heavy atom. The average Bonchev–Trinajstić information content (AvgIpc) is 3.30. The molecule has 210 valence electrons. The maximum atomic E-state index is 13.6. The minimum absolute atomic E-state index is 0. The van der Waals surface area contributed by atoms with E-state index in [0.29, 0.717) is 53.9 Å². The number of thiazole rings is 1. The number of carbonyl (C=O) groups is 1. The molecule has 3 rings (SSSR count). The lowest BCUT2D eigenvalue weighted by Crippen LogP contribution is -2.36. The molecule has 0 atom stereocenters. The van der Waals surface area contributed by atoms with Crippen LogP contribution in [0.5, 0.6) is 11.5 Å². The number of aromatic nitrogens is 1. The largest absolute Gasteiger partial charge is 0.493 e. The number of hydrogen-bond donors (Lipinski definition) is 0. The number of nitrogens with zero attached hydrogens (tertiary/aromatic N) is 4. The summed E-state index contributed by atoms with van der Waals surface area (Å²) in [5.74, 6) is 0.908. The molecular weight excluding hydrogens is 548 g/mol. The van der Waals surface area contributed by atoms with Gasteiger partial charge >= 0.3 is 0 Å². The summed E-state index contributed by atoms with van der Waals surface area (Å²) >= 11 is 1.39. The molecule has 0 aliphatic carbocycles. The van der Waals surface area contributed by atoms with E-state index in [0.717, 1.165) is 17.5 Å². The second kappa shape index (κ2) is 14.1. The van der Waals surface area contributed by atoms with Gasteiger partial charge in [-0.25, -0.2) is 13.4 Å². The summed E-state index contributed by atoms with van der Waals surface area (Å²) < 4.78 is 39.3. The van der Waals surface area contributed by atoms with Gasteiger partial charge in [-0.2, -0.15) is 4.31 Å². The van der Waals surface area contributed by atoms with Crippen LogP contribution in [0.2, 0.25) is 0 Å². The summed E-state index contributed by atoms with van der Waals surface area (Å²) in [5, 5.41) is 0.547. The zero-order valence-corrected chi connectivity index (χ0v) is 25.2. The van der Waals surface area contributed by atoms with Crippen molar-refractivity contribution in [1.82, 2.24) is 14.2 Å². The normalized spacial score (nSPS) is 11.6. The van der Waals surface area contributed by atoms with Gasteiger partial charge in [0, 0.05) is 43.9 Å². The molecule has 0 aliphatic rings. The third-order valence-corrected chi connectivity index (χ3v) is 9.01. The van der Waals surface area contributed by atoms with Crippen LogP contribution in [0.1, 0.15) is 37.0 Å². The number of hydrogen-bond acceptors (Lipinski definition) is 8. The summed E-state index contributed by atoms with van der Waals surface area (Å²) in [6.07, 6.45) is 1.71. The van der Waals surface area contributed by atoms with Crippen LogP contribution in [-0.4, -0.2) is 83.0 Å². The minimum atomic E-state index is -3.62. The average molecular weight is 585 g/mol. The fourth-order valence-corrected chi connectivity index (χ4v) is 6.29. The fraction of sp³-hybridized carbons (Fsp3) is 0.462. The number of fused-ring (bicyclic) bond motifs is 1. The molecule has 38 heavy (non-hydrogen) atoms. The van der Waals surface area contributed by atoms with Gasteiger partial charge in [0.2, 0.25) is 10.0 Å². The highest BCUT2D eigenvalue weighted by molar-refractivity contribution is 7.89. The van der Waals surface area contributed by atoms with Gasteiger partial charge < -0.3 is 14.4 Å². The number of anilines is 1. The van der Waals surface area contributed by atoms with Crippen LogP contribution in [-0.2, 0) is 10.0 Å². The van der Waals surface area contributed by atoms with Gasteiger partial charge in [0.1, 0.15) is 0 Å². The lowest BCUT2D eigenvalue weighted by Gasteiger charge is -2.23. The summed E-state index contributed by atoms with van der Waals surface area (Å²) in [6.45, 7) is 5.78. The van der Waals surface area contributed by atoms with E-state index >= 15 is 0 Å². The fourth-order valence-electron chi connectivity index (χ4n) is 3.80. The van der Waals surface area contributed by atoms with Gasteiger partial charge in [-0.1, -0.05) is 31.6 Å². The molecule has 0 spiro atoms. The van der Waals surface area contributed by atoms with Crippen molar-refractivity contribution < 1.29 is 22.7 Å². The van der Waals surface area contributed by atoms with Crippen molar-refractivity contribution in [2.75, 3.05) is 59.4 Å². The molecule has 1 amide bonds. The van der Waals surface area contributed by atoms with Crippen molar-refractivity contribution in [3.8, 4) is 11.5 Å². The maximum Gasteiger partial charge on any atom is 0.260 e. The van der Waals surface area contributed by atoms with Gasteiger partial charge in [-0.15, -0.1) is 12.4 Å². The summed E-state index contributed by atoms with van der Waals surface area (Å²) in [6, 6.07) is 9.81. The van der Waals surface area contributed by atoms with Crippen LogP contribution in [0, 0.1) is 0 Å². The molecule has 12 heteroatoms. The second-order valence-electron chi connectivity index (χ2n) is 8.81. The standard InChI is InChI=1S/C26H36N4O5S2.ClH/c1-7-9-14-29(8-2)37(32,33)20-12-10-19(11-13-20)25(31)30(16-15-28(3)4)26-27-21-17-22(34-5)23(35-6)18-24(21)36-26;/h10-13,17-18H,7-9,14-16H2,1-6H3;1H. The highest BCUT2D eigenvalue weighted by Gasteiger charge is 2.25. The minimum Gasteiger partial charge on any atom is -0.493 e. The van der Waals surface area contributed by atoms with Gasteiger partial charge in [0.15, 0.2) is 16.6 Å². The first-order chi connectivity index (χ1) is 17.7. The number of amides is 1. The first kappa shape index (κ1) is 31.8. The van der Waals surface area contributed by atoms with Crippen LogP contribution in [0.4, 0.5) is 5.13 Å². The Bertz CT molecular complexity index is 1270. The lowest BCUT2D eigenvalue weighted by molar-refractivity contribution is 0.0985. The molecule has 0 aliphatic heterocycles. The van der Waals surface area contributed by atoms with Crippen LogP contribution in [0.15, 0.2) is 41.3 Å². The predicted molar refractivity (Wildman–Crippen MR) is 156 cm³/mol. The molecule has 3 aromatic rings. The van der Waals surface area contributed by atoms with Crippen molar-refractivity contribution in [1.29, 1.82) is 0 Å². The Hall–Kier alpha value is -2.44. The van der Waals surface area contributed by atoms with E-state index in [-0.39, 0.29) is 23.2 Å². The van der Waals surface area contributed by atoms with E-state index in [2.05, 4.69) is 0 Å². The van der Waals surface area contributed by atoms with Crippen molar-refractivity contribution in [2.45, 2.75) is 31.6 Å². The second-order valence-corrected chi connectivity index (χ2v) is 11.8. The molecule has 0 radical (unpaired) electrons. The zero-order chi connectivity index (χ0) is 27.2. The van der Waals surface area contributed by atoms with Crippen molar-refractivity contribution >= 4 is 55.0 Å². The van der Waals surface area contributed by atoms with Crippen molar-refractivity contribution in [2.24, 2.45) is 0 Å². The molecule has 2 aromatic carbocycles. The number of carbonyl (C=O) groups excluding carboxylic acids is 1. The Morgan fingerprint density at radius 1 is 0.974 bits per heavy atom. The molecule has 0 N–H and O–H groups in total. The molecule has 0 fully saturated rings.